The summed E-state index contributed by atoms with van der Waals surface area (Å²) in [5, 5.41) is 12.3. The lowest BCUT2D eigenvalue weighted by Gasteiger charge is -2.32. The van der Waals surface area contributed by atoms with Crippen LogP contribution in [0.25, 0.3) is 0 Å². The molecule has 6 nitrogen and oxygen atoms in total. The zero-order valence-electron chi connectivity index (χ0n) is 16.3. The van der Waals surface area contributed by atoms with Gasteiger partial charge in [-0.3, -0.25) is 14.4 Å². The van der Waals surface area contributed by atoms with Crippen LogP contribution < -0.4 is 5.32 Å². The SMILES string of the molecule is O=C(O)C(CNC(=O)C1CCCN(C(=O)c2ccccc2)C1)Cc1ccccc1. The predicted octanol–water partition coefficient (Wildman–Crippen LogP) is 2.60. The van der Waals surface area contributed by atoms with E-state index >= 15 is 0 Å². The number of carboxylic acids is 1. The molecule has 152 valence electrons. The minimum atomic E-state index is -0.932. The second-order valence-corrected chi connectivity index (χ2v) is 7.43. The summed E-state index contributed by atoms with van der Waals surface area (Å²) < 4.78 is 0. The number of amides is 2. The van der Waals surface area contributed by atoms with E-state index in [1.807, 2.05) is 48.5 Å². The van der Waals surface area contributed by atoms with Crippen LogP contribution in [-0.2, 0) is 16.0 Å². The lowest BCUT2D eigenvalue weighted by Crippen LogP contribution is -2.46. The van der Waals surface area contributed by atoms with Crippen molar-refractivity contribution in [3.8, 4) is 0 Å². The van der Waals surface area contributed by atoms with E-state index < -0.39 is 11.9 Å². The molecule has 0 aromatic heterocycles. The fourth-order valence-corrected chi connectivity index (χ4v) is 3.65. The maximum Gasteiger partial charge on any atom is 0.308 e. The van der Waals surface area contributed by atoms with Crippen molar-refractivity contribution >= 4 is 17.8 Å². The summed E-state index contributed by atoms with van der Waals surface area (Å²) in [6.07, 6.45) is 1.81. The number of nitrogens with one attached hydrogen (secondary N) is 1. The lowest BCUT2D eigenvalue weighted by molar-refractivity contribution is -0.141. The van der Waals surface area contributed by atoms with Crippen molar-refractivity contribution in [2.75, 3.05) is 19.6 Å². The van der Waals surface area contributed by atoms with Gasteiger partial charge in [-0.25, -0.2) is 0 Å². The zero-order chi connectivity index (χ0) is 20.6. The normalized spacial score (nSPS) is 17.4. The molecule has 1 aliphatic heterocycles. The van der Waals surface area contributed by atoms with Gasteiger partial charge in [0.25, 0.3) is 5.91 Å². The van der Waals surface area contributed by atoms with Gasteiger partial charge in [0.1, 0.15) is 0 Å². The van der Waals surface area contributed by atoms with Crippen LogP contribution in [0.4, 0.5) is 0 Å². The van der Waals surface area contributed by atoms with Crippen molar-refractivity contribution in [2.45, 2.75) is 19.3 Å². The number of hydrogen-bond acceptors (Lipinski definition) is 3. The number of aliphatic carboxylic acids is 1. The molecular formula is C23H26N2O4. The van der Waals surface area contributed by atoms with Crippen LogP contribution in [0.15, 0.2) is 60.7 Å². The molecule has 1 fully saturated rings. The van der Waals surface area contributed by atoms with E-state index in [0.29, 0.717) is 31.5 Å². The Hall–Kier alpha value is -3.15. The Morgan fingerprint density at radius 1 is 1.03 bits per heavy atom. The van der Waals surface area contributed by atoms with Crippen LogP contribution >= 0.6 is 0 Å². The average molecular weight is 394 g/mol. The first-order valence-corrected chi connectivity index (χ1v) is 9.93. The highest BCUT2D eigenvalue weighted by molar-refractivity contribution is 5.94. The highest BCUT2D eigenvalue weighted by Crippen LogP contribution is 2.19. The molecule has 0 aliphatic carbocycles. The van der Waals surface area contributed by atoms with Gasteiger partial charge in [0.15, 0.2) is 0 Å². The van der Waals surface area contributed by atoms with Gasteiger partial charge < -0.3 is 15.3 Å². The van der Waals surface area contributed by atoms with E-state index in [-0.39, 0.29) is 24.3 Å². The molecule has 1 heterocycles. The fraction of sp³-hybridized carbons (Fsp3) is 0.348. The summed E-state index contributed by atoms with van der Waals surface area (Å²) in [4.78, 5) is 38.6. The van der Waals surface area contributed by atoms with Gasteiger partial charge in [0, 0.05) is 25.2 Å². The van der Waals surface area contributed by atoms with Crippen LogP contribution in [0, 0.1) is 11.8 Å². The minimum absolute atomic E-state index is 0.0735. The zero-order valence-corrected chi connectivity index (χ0v) is 16.3. The first-order valence-electron chi connectivity index (χ1n) is 9.93. The maximum absolute atomic E-state index is 12.6. The summed E-state index contributed by atoms with van der Waals surface area (Å²) in [7, 11) is 0. The van der Waals surface area contributed by atoms with Gasteiger partial charge in [-0.1, -0.05) is 48.5 Å². The number of carboxylic acid groups (broad SMARTS) is 1. The molecule has 0 radical (unpaired) electrons. The van der Waals surface area contributed by atoms with Crippen molar-refractivity contribution < 1.29 is 19.5 Å². The predicted molar refractivity (Wildman–Crippen MR) is 109 cm³/mol. The Morgan fingerprint density at radius 2 is 1.69 bits per heavy atom. The van der Waals surface area contributed by atoms with Crippen molar-refractivity contribution in [1.29, 1.82) is 0 Å². The number of benzene rings is 2. The van der Waals surface area contributed by atoms with Crippen LogP contribution in [-0.4, -0.2) is 47.4 Å². The van der Waals surface area contributed by atoms with Crippen LogP contribution in [0.5, 0.6) is 0 Å². The highest BCUT2D eigenvalue weighted by Gasteiger charge is 2.29. The van der Waals surface area contributed by atoms with E-state index in [9.17, 15) is 19.5 Å². The molecule has 2 unspecified atom stereocenters. The monoisotopic (exact) mass is 394 g/mol. The summed E-state index contributed by atoms with van der Waals surface area (Å²) >= 11 is 0. The molecule has 1 aliphatic rings. The summed E-state index contributed by atoms with van der Waals surface area (Å²) in [5.41, 5.74) is 1.54. The maximum atomic E-state index is 12.6. The van der Waals surface area contributed by atoms with Crippen molar-refractivity contribution in [2.24, 2.45) is 11.8 Å². The van der Waals surface area contributed by atoms with Crippen LogP contribution in [0.3, 0.4) is 0 Å². The first kappa shape index (κ1) is 20.6. The Balaban J connectivity index is 1.55. The molecule has 0 spiro atoms. The summed E-state index contributed by atoms with van der Waals surface area (Å²) in [6.45, 7) is 1.06. The van der Waals surface area contributed by atoms with Crippen molar-refractivity contribution in [3.63, 3.8) is 0 Å². The number of piperidine rings is 1. The molecule has 29 heavy (non-hydrogen) atoms. The number of hydrogen-bond donors (Lipinski definition) is 2. The van der Waals surface area contributed by atoms with Gasteiger partial charge in [-0.05, 0) is 37.0 Å². The molecular weight excluding hydrogens is 368 g/mol. The van der Waals surface area contributed by atoms with Gasteiger partial charge in [-0.15, -0.1) is 0 Å². The number of carbonyl (C=O) groups is 3. The van der Waals surface area contributed by atoms with Crippen LogP contribution in [0.2, 0.25) is 0 Å². The Bertz CT molecular complexity index is 838. The largest absolute Gasteiger partial charge is 0.481 e. The molecule has 2 aromatic carbocycles. The Kier molecular flexibility index (Phi) is 7.00. The van der Waals surface area contributed by atoms with E-state index in [1.165, 1.54) is 0 Å². The average Bonchev–Trinajstić information content (AvgIpc) is 2.77. The molecule has 2 amide bonds. The Labute approximate surface area is 170 Å². The van der Waals surface area contributed by atoms with E-state index in [4.69, 9.17) is 0 Å². The highest BCUT2D eigenvalue weighted by atomic mass is 16.4. The second-order valence-electron chi connectivity index (χ2n) is 7.43. The van der Waals surface area contributed by atoms with E-state index in [2.05, 4.69) is 5.32 Å². The van der Waals surface area contributed by atoms with Crippen molar-refractivity contribution in [3.05, 3.63) is 71.8 Å². The van der Waals surface area contributed by atoms with E-state index in [0.717, 1.165) is 12.0 Å². The summed E-state index contributed by atoms with van der Waals surface area (Å²) in [5.74, 6) is -2.20. The van der Waals surface area contributed by atoms with Crippen molar-refractivity contribution in [1.82, 2.24) is 10.2 Å². The van der Waals surface area contributed by atoms with E-state index in [1.54, 1.807) is 17.0 Å². The first-order chi connectivity index (χ1) is 14.0. The topological polar surface area (TPSA) is 86.7 Å². The molecule has 2 aromatic rings. The Morgan fingerprint density at radius 3 is 2.34 bits per heavy atom. The second kappa shape index (κ2) is 9.87. The van der Waals surface area contributed by atoms with Crippen LogP contribution in [0.1, 0.15) is 28.8 Å². The lowest BCUT2D eigenvalue weighted by atomic mass is 9.95. The summed E-state index contributed by atoms with van der Waals surface area (Å²) in [6, 6.07) is 18.4. The fourth-order valence-electron chi connectivity index (χ4n) is 3.65. The smallest absolute Gasteiger partial charge is 0.308 e. The van der Waals surface area contributed by atoms with Gasteiger partial charge in [0.05, 0.1) is 11.8 Å². The molecule has 3 rings (SSSR count). The number of nitrogens with zero attached hydrogens (tertiary/aromatic N) is 1. The minimum Gasteiger partial charge on any atom is -0.481 e. The quantitative estimate of drug-likeness (QED) is 0.756. The van der Waals surface area contributed by atoms with Gasteiger partial charge in [-0.2, -0.15) is 0 Å². The molecule has 2 atom stereocenters. The standard InChI is InChI=1S/C23H26N2O4/c26-21(24-15-20(23(28)29)14-17-8-3-1-4-9-17)19-12-7-13-25(16-19)22(27)18-10-5-2-6-11-18/h1-6,8-11,19-20H,7,12-16H2,(H,24,26)(H,28,29). The number of rotatable bonds is 7. The molecule has 0 saturated carbocycles. The van der Waals surface area contributed by atoms with Gasteiger partial charge in [0.2, 0.25) is 5.91 Å². The molecule has 6 heteroatoms. The third-order valence-electron chi connectivity index (χ3n) is 5.30. The third-order valence-corrected chi connectivity index (χ3v) is 5.30. The molecule has 2 N–H and O–H groups in total. The number of carbonyl (C=O) groups excluding carboxylic acids is 2. The molecule has 0 bridgehead atoms. The number of likely N-dealkylation sites (tertiary alicyclic amines) is 1. The third kappa shape index (κ3) is 5.67. The molecule has 1 saturated heterocycles. The van der Waals surface area contributed by atoms with Gasteiger partial charge >= 0.3 is 5.97 Å².